The Morgan fingerprint density at radius 1 is 1.15 bits per heavy atom. The second-order valence-corrected chi connectivity index (χ2v) is 6.33. The summed E-state index contributed by atoms with van der Waals surface area (Å²) in [6.45, 7) is -0.356. The maximum atomic E-state index is 12.1. The molecule has 2 rings (SSSR count). The number of nitrogens with zero attached hydrogens (tertiary/aromatic N) is 1. The molecule has 0 unspecified atom stereocenters. The molecule has 2 N–H and O–H groups in total. The summed E-state index contributed by atoms with van der Waals surface area (Å²) in [4.78, 5) is 27.8. The van der Waals surface area contributed by atoms with Crippen LogP contribution in [-0.4, -0.2) is 36.1 Å². The molecule has 0 saturated carbocycles. The maximum Gasteiger partial charge on any atom is 0.405 e. The van der Waals surface area contributed by atoms with Gasteiger partial charge in [-0.3, -0.25) is 14.6 Å². The van der Waals surface area contributed by atoms with Crippen LogP contribution in [0.25, 0.3) is 11.3 Å². The van der Waals surface area contributed by atoms with Crippen molar-refractivity contribution >= 4 is 27.7 Å². The van der Waals surface area contributed by atoms with Crippen LogP contribution in [0.1, 0.15) is 16.1 Å². The second-order valence-electron chi connectivity index (χ2n) is 5.41. The Labute approximate surface area is 156 Å². The van der Waals surface area contributed by atoms with Gasteiger partial charge in [0.2, 0.25) is 5.91 Å². The topological polar surface area (TPSA) is 71.1 Å². The quantitative estimate of drug-likeness (QED) is 0.766. The van der Waals surface area contributed by atoms with Crippen molar-refractivity contribution < 1.29 is 22.8 Å². The molecule has 9 heteroatoms. The molecule has 0 aliphatic heterocycles. The van der Waals surface area contributed by atoms with E-state index in [0.717, 1.165) is 10.0 Å². The summed E-state index contributed by atoms with van der Waals surface area (Å²) < 4.78 is 37.0. The van der Waals surface area contributed by atoms with Crippen molar-refractivity contribution in [2.24, 2.45) is 0 Å². The van der Waals surface area contributed by atoms with Crippen molar-refractivity contribution in [1.29, 1.82) is 0 Å². The average molecular weight is 430 g/mol. The van der Waals surface area contributed by atoms with Gasteiger partial charge in [-0.1, -0.05) is 28.1 Å². The molecule has 5 nitrogen and oxygen atoms in total. The zero-order valence-corrected chi connectivity index (χ0v) is 15.2. The molecule has 2 amide bonds. The lowest BCUT2D eigenvalue weighted by Gasteiger charge is -2.10. The molecule has 1 heterocycles. The van der Waals surface area contributed by atoms with Crippen molar-refractivity contribution in [2.45, 2.75) is 13.1 Å². The molecule has 0 saturated heterocycles. The van der Waals surface area contributed by atoms with Crippen LogP contribution in [0.4, 0.5) is 13.2 Å². The lowest BCUT2D eigenvalue weighted by Crippen LogP contribution is -2.41. The third-order valence-electron chi connectivity index (χ3n) is 3.35. The summed E-state index contributed by atoms with van der Waals surface area (Å²) in [6, 6.07) is 10.7. The van der Waals surface area contributed by atoms with Crippen LogP contribution >= 0.6 is 15.9 Å². The number of pyridine rings is 1. The SMILES string of the molecule is Cc1nc(-c2cccc(Br)c2)ccc1C(=O)NCC(=O)NCC(F)(F)F. The van der Waals surface area contributed by atoms with Gasteiger partial charge in [0.05, 0.1) is 23.5 Å². The van der Waals surface area contributed by atoms with Gasteiger partial charge in [0.25, 0.3) is 5.91 Å². The van der Waals surface area contributed by atoms with E-state index in [-0.39, 0.29) is 5.56 Å². The first-order valence-electron chi connectivity index (χ1n) is 7.51. The first-order chi connectivity index (χ1) is 12.2. The van der Waals surface area contributed by atoms with Crippen molar-refractivity contribution in [3.8, 4) is 11.3 Å². The highest BCUT2D eigenvalue weighted by Gasteiger charge is 2.27. The van der Waals surface area contributed by atoms with E-state index in [2.05, 4.69) is 26.2 Å². The number of hydrogen-bond acceptors (Lipinski definition) is 3. The number of amides is 2. The standard InChI is InChI=1S/C17H15BrF3N3O2/c1-10-13(16(26)22-8-15(25)23-9-17(19,20)21)5-6-14(24-10)11-3-2-4-12(18)7-11/h2-7H,8-9H2,1H3,(H,22,26)(H,23,25). The van der Waals surface area contributed by atoms with E-state index in [1.54, 1.807) is 24.4 Å². The Balaban J connectivity index is 2.00. The van der Waals surface area contributed by atoms with Crippen LogP contribution < -0.4 is 10.6 Å². The monoisotopic (exact) mass is 429 g/mol. The summed E-state index contributed by atoms with van der Waals surface area (Å²) in [5.74, 6) is -1.51. The Bertz CT molecular complexity index is 825. The normalized spacial score (nSPS) is 11.1. The van der Waals surface area contributed by atoms with Crippen molar-refractivity contribution in [2.75, 3.05) is 13.1 Å². The lowest BCUT2D eigenvalue weighted by molar-refractivity contribution is -0.137. The van der Waals surface area contributed by atoms with Gasteiger partial charge in [-0.2, -0.15) is 13.2 Å². The van der Waals surface area contributed by atoms with Crippen molar-refractivity contribution in [3.05, 3.63) is 52.1 Å². The maximum absolute atomic E-state index is 12.1. The molecule has 1 aromatic heterocycles. The number of carbonyl (C=O) groups is 2. The minimum Gasteiger partial charge on any atom is -0.345 e. The Morgan fingerprint density at radius 2 is 1.88 bits per heavy atom. The van der Waals surface area contributed by atoms with Crippen LogP contribution in [0.2, 0.25) is 0 Å². The fourth-order valence-corrected chi connectivity index (χ4v) is 2.53. The van der Waals surface area contributed by atoms with E-state index in [1.807, 2.05) is 24.3 Å². The Morgan fingerprint density at radius 3 is 2.50 bits per heavy atom. The highest BCUT2D eigenvalue weighted by molar-refractivity contribution is 9.10. The van der Waals surface area contributed by atoms with Gasteiger partial charge in [0.15, 0.2) is 0 Å². The van der Waals surface area contributed by atoms with E-state index >= 15 is 0 Å². The number of aromatic nitrogens is 1. The smallest absolute Gasteiger partial charge is 0.345 e. The number of benzene rings is 1. The Kier molecular flexibility index (Phi) is 6.36. The van der Waals surface area contributed by atoms with Gasteiger partial charge in [0.1, 0.15) is 6.54 Å². The molecule has 1 aromatic carbocycles. The average Bonchev–Trinajstić information content (AvgIpc) is 2.57. The fraction of sp³-hybridized carbons (Fsp3) is 0.235. The molecule has 0 radical (unpaired) electrons. The number of hydrogen-bond donors (Lipinski definition) is 2. The van der Waals surface area contributed by atoms with Gasteiger partial charge < -0.3 is 10.6 Å². The number of aryl methyl sites for hydroxylation is 1. The first-order valence-corrected chi connectivity index (χ1v) is 8.30. The van der Waals surface area contributed by atoms with Crippen LogP contribution in [0, 0.1) is 6.92 Å². The van der Waals surface area contributed by atoms with Crippen LogP contribution in [-0.2, 0) is 4.79 Å². The molecule has 138 valence electrons. The molecule has 0 atom stereocenters. The van der Waals surface area contributed by atoms with E-state index in [4.69, 9.17) is 0 Å². The minimum absolute atomic E-state index is 0.243. The van der Waals surface area contributed by atoms with E-state index in [0.29, 0.717) is 11.4 Å². The number of nitrogens with one attached hydrogen (secondary N) is 2. The molecule has 0 aliphatic rings. The zero-order chi connectivity index (χ0) is 19.3. The molecule has 26 heavy (non-hydrogen) atoms. The molecule has 2 aromatic rings. The molecule has 0 fully saturated rings. The minimum atomic E-state index is -4.50. The van der Waals surface area contributed by atoms with Crippen LogP contribution in [0.5, 0.6) is 0 Å². The third-order valence-corrected chi connectivity index (χ3v) is 3.84. The van der Waals surface area contributed by atoms with E-state index in [1.165, 1.54) is 0 Å². The molecule has 0 bridgehead atoms. The largest absolute Gasteiger partial charge is 0.405 e. The molecular weight excluding hydrogens is 415 g/mol. The number of halogens is 4. The van der Waals surface area contributed by atoms with E-state index in [9.17, 15) is 22.8 Å². The molecule has 0 aliphatic carbocycles. The second kappa shape index (κ2) is 8.31. The fourth-order valence-electron chi connectivity index (χ4n) is 2.13. The third kappa shape index (κ3) is 5.83. The number of carbonyl (C=O) groups excluding carboxylic acids is 2. The van der Waals surface area contributed by atoms with Gasteiger partial charge in [0, 0.05) is 10.0 Å². The van der Waals surface area contributed by atoms with Gasteiger partial charge in [-0.25, -0.2) is 0 Å². The summed E-state index contributed by atoms with van der Waals surface area (Å²) in [6.07, 6.45) is -4.50. The Hall–Kier alpha value is -2.42. The highest BCUT2D eigenvalue weighted by Crippen LogP contribution is 2.22. The van der Waals surface area contributed by atoms with Gasteiger partial charge in [-0.15, -0.1) is 0 Å². The summed E-state index contributed by atoms with van der Waals surface area (Å²) >= 11 is 3.37. The van der Waals surface area contributed by atoms with Crippen LogP contribution in [0.15, 0.2) is 40.9 Å². The van der Waals surface area contributed by atoms with E-state index < -0.39 is 31.1 Å². The zero-order valence-electron chi connectivity index (χ0n) is 13.7. The predicted octanol–water partition coefficient (Wildman–Crippen LogP) is 3.23. The highest BCUT2D eigenvalue weighted by atomic mass is 79.9. The van der Waals surface area contributed by atoms with Crippen molar-refractivity contribution in [1.82, 2.24) is 15.6 Å². The van der Waals surface area contributed by atoms with Gasteiger partial charge >= 0.3 is 6.18 Å². The summed E-state index contributed by atoms with van der Waals surface area (Å²) in [5.41, 5.74) is 2.22. The first kappa shape index (κ1) is 19.9. The number of rotatable bonds is 5. The lowest BCUT2D eigenvalue weighted by atomic mass is 10.1. The number of alkyl halides is 3. The molecule has 0 spiro atoms. The summed E-state index contributed by atoms with van der Waals surface area (Å²) in [5, 5.41) is 3.96. The summed E-state index contributed by atoms with van der Waals surface area (Å²) in [7, 11) is 0. The molecular formula is C17H15BrF3N3O2. The van der Waals surface area contributed by atoms with Crippen LogP contribution in [0.3, 0.4) is 0 Å². The van der Waals surface area contributed by atoms with Gasteiger partial charge in [-0.05, 0) is 31.2 Å². The van der Waals surface area contributed by atoms with Crippen molar-refractivity contribution in [3.63, 3.8) is 0 Å². The predicted molar refractivity (Wildman–Crippen MR) is 93.5 cm³/mol.